The third-order valence-corrected chi connectivity index (χ3v) is 7.36. The molecule has 40 heavy (non-hydrogen) atoms. The summed E-state index contributed by atoms with van der Waals surface area (Å²) in [5, 5.41) is 3.31. The van der Waals surface area contributed by atoms with Gasteiger partial charge in [-0.3, -0.25) is 4.79 Å². The average molecular weight is 563 g/mol. The van der Waals surface area contributed by atoms with Crippen LogP contribution in [0.5, 0.6) is 0 Å². The molecule has 0 aliphatic carbocycles. The lowest BCUT2D eigenvalue weighted by Crippen LogP contribution is -2.50. The van der Waals surface area contributed by atoms with E-state index in [0.717, 1.165) is 25.9 Å². The van der Waals surface area contributed by atoms with Gasteiger partial charge in [-0.05, 0) is 26.3 Å². The van der Waals surface area contributed by atoms with Gasteiger partial charge in [0.1, 0.15) is 5.69 Å². The molecule has 2 aromatic heterocycles. The summed E-state index contributed by atoms with van der Waals surface area (Å²) < 4.78 is 39.2. The number of carbonyl (C=O) groups is 1. The zero-order chi connectivity index (χ0) is 28.1. The van der Waals surface area contributed by atoms with Crippen LogP contribution in [0.1, 0.15) is 38.3 Å². The molecule has 0 spiro atoms. The molecule has 0 radical (unpaired) electrons. The predicted octanol–water partition coefficient (Wildman–Crippen LogP) is 0.881. The van der Waals surface area contributed by atoms with Crippen LogP contribution < -0.4 is 20.9 Å². The fourth-order valence-electron chi connectivity index (χ4n) is 5.11. The van der Waals surface area contributed by atoms with Crippen LogP contribution in [-0.4, -0.2) is 114 Å². The third-order valence-electron chi connectivity index (χ3n) is 7.36. The molecular formula is C25H36F2N10O3. The topological polar surface area (TPSA) is 148 Å². The number of nitrogens with zero attached hydrogens (tertiary/aromatic N) is 8. The highest BCUT2D eigenvalue weighted by atomic mass is 19.3. The number of piperidine rings is 1. The minimum Gasteiger partial charge on any atom is -0.377 e. The summed E-state index contributed by atoms with van der Waals surface area (Å²) in [6, 6.07) is -0.0184. The Balaban J connectivity index is 1.31. The fourth-order valence-corrected chi connectivity index (χ4v) is 5.11. The number of aromatic nitrogens is 5. The first-order valence-corrected chi connectivity index (χ1v) is 13.8. The molecule has 3 aliphatic rings. The maximum Gasteiger partial charge on any atom is 0.281 e. The van der Waals surface area contributed by atoms with Gasteiger partial charge in [-0.1, -0.05) is 0 Å². The van der Waals surface area contributed by atoms with E-state index in [-0.39, 0.29) is 35.4 Å². The van der Waals surface area contributed by atoms with E-state index in [1.807, 2.05) is 21.6 Å². The lowest BCUT2D eigenvalue weighted by atomic mass is 10.1. The van der Waals surface area contributed by atoms with Crippen LogP contribution >= 0.6 is 0 Å². The number of nitrogen functional groups attached to an aromatic ring is 1. The van der Waals surface area contributed by atoms with Crippen molar-refractivity contribution in [1.82, 2.24) is 35.1 Å². The van der Waals surface area contributed by atoms with Crippen molar-refractivity contribution in [2.75, 3.05) is 81.2 Å². The first-order chi connectivity index (χ1) is 19.4. The largest absolute Gasteiger partial charge is 0.377 e. The molecule has 3 aliphatic heterocycles. The van der Waals surface area contributed by atoms with Gasteiger partial charge >= 0.3 is 0 Å². The minimum atomic E-state index is -2.89. The maximum atomic E-state index is 13.9. The number of hydrogen-bond donors (Lipinski definition) is 2. The van der Waals surface area contributed by atoms with Gasteiger partial charge in [-0.15, -0.1) is 0 Å². The number of amides is 1. The number of rotatable bonds is 8. The van der Waals surface area contributed by atoms with Crippen LogP contribution in [0.15, 0.2) is 6.20 Å². The molecule has 3 saturated heterocycles. The number of morpholine rings is 1. The van der Waals surface area contributed by atoms with Gasteiger partial charge < -0.3 is 35.2 Å². The number of nitrogens with one attached hydrogen (secondary N) is 1. The number of nitrogens with two attached hydrogens (primary N) is 1. The molecule has 13 nitrogen and oxygen atoms in total. The number of hydrogen-bond acceptors (Lipinski definition) is 12. The van der Waals surface area contributed by atoms with Crippen molar-refractivity contribution in [2.24, 2.45) is 0 Å². The Morgan fingerprint density at radius 3 is 2.70 bits per heavy atom. The van der Waals surface area contributed by atoms with Gasteiger partial charge in [0.15, 0.2) is 5.82 Å². The van der Waals surface area contributed by atoms with Crippen LogP contribution in [0.2, 0.25) is 0 Å². The molecule has 218 valence electrons. The summed E-state index contributed by atoms with van der Waals surface area (Å²) in [5.41, 5.74) is 5.04. The Morgan fingerprint density at radius 2 is 1.98 bits per heavy atom. The SMILES string of the molecule is CC1COCCN1c1nc(-c2cnc(N)nc2C(F)F)nc(N2CCN(C(=O)CCOC3CCCNC3)CC2)n1. The summed E-state index contributed by atoms with van der Waals surface area (Å²) in [4.78, 5) is 40.0. The molecule has 0 saturated carbocycles. The first-order valence-electron chi connectivity index (χ1n) is 13.8. The van der Waals surface area contributed by atoms with E-state index in [2.05, 4.69) is 25.3 Å². The van der Waals surface area contributed by atoms with Crippen LogP contribution in [0.3, 0.4) is 0 Å². The van der Waals surface area contributed by atoms with E-state index < -0.39 is 12.1 Å². The average Bonchev–Trinajstić information content (AvgIpc) is 2.97. The van der Waals surface area contributed by atoms with Gasteiger partial charge in [0.2, 0.25) is 23.8 Å². The summed E-state index contributed by atoms with van der Waals surface area (Å²) in [6.45, 7) is 7.71. The number of piperazine rings is 1. The van der Waals surface area contributed by atoms with Crippen LogP contribution in [0.4, 0.5) is 26.6 Å². The van der Waals surface area contributed by atoms with E-state index in [1.165, 1.54) is 6.20 Å². The van der Waals surface area contributed by atoms with Gasteiger partial charge in [-0.25, -0.2) is 18.7 Å². The van der Waals surface area contributed by atoms with Crippen LogP contribution in [0, 0.1) is 0 Å². The molecule has 15 heteroatoms. The van der Waals surface area contributed by atoms with Gasteiger partial charge in [0.05, 0.1) is 44.0 Å². The second-order valence-corrected chi connectivity index (χ2v) is 10.2. The molecule has 2 unspecified atom stereocenters. The zero-order valence-electron chi connectivity index (χ0n) is 22.6. The Kier molecular flexibility index (Phi) is 9.11. The van der Waals surface area contributed by atoms with Crippen molar-refractivity contribution in [3.63, 3.8) is 0 Å². The Labute approximate surface area is 231 Å². The number of carbonyl (C=O) groups excluding carboxylic acids is 1. The second-order valence-electron chi connectivity index (χ2n) is 10.2. The Morgan fingerprint density at radius 1 is 1.18 bits per heavy atom. The maximum absolute atomic E-state index is 13.9. The lowest BCUT2D eigenvalue weighted by molar-refractivity contribution is -0.133. The molecule has 1 amide bonds. The van der Waals surface area contributed by atoms with E-state index in [0.29, 0.717) is 70.9 Å². The lowest BCUT2D eigenvalue weighted by Gasteiger charge is -2.36. The predicted molar refractivity (Wildman–Crippen MR) is 143 cm³/mol. The smallest absolute Gasteiger partial charge is 0.281 e. The molecule has 3 fully saturated rings. The molecule has 0 bridgehead atoms. The quantitative estimate of drug-likeness (QED) is 0.471. The standard InChI is InChI=1S/C25H36F2N10O3/c1-16-15-39-12-10-37(16)25-33-22(18-14-30-23(28)31-20(18)21(26)27)32-24(34-25)36-8-6-35(7-9-36)19(38)4-11-40-17-3-2-5-29-13-17/h14,16-17,21,29H,2-13,15H2,1H3,(H2,28,30,31). The highest BCUT2D eigenvalue weighted by Gasteiger charge is 2.29. The van der Waals surface area contributed by atoms with E-state index in [1.54, 1.807) is 0 Å². The molecule has 5 rings (SSSR count). The highest BCUT2D eigenvalue weighted by molar-refractivity contribution is 5.76. The zero-order valence-corrected chi connectivity index (χ0v) is 22.6. The van der Waals surface area contributed by atoms with Crippen LogP contribution in [-0.2, 0) is 14.3 Å². The first kappa shape index (κ1) is 28.2. The highest BCUT2D eigenvalue weighted by Crippen LogP contribution is 2.30. The van der Waals surface area contributed by atoms with Crippen molar-refractivity contribution < 1.29 is 23.0 Å². The fraction of sp³-hybridized carbons (Fsp3) is 0.680. The molecule has 5 heterocycles. The van der Waals surface area contributed by atoms with Crippen molar-refractivity contribution in [3.05, 3.63) is 11.9 Å². The van der Waals surface area contributed by atoms with Crippen molar-refractivity contribution in [2.45, 2.75) is 44.8 Å². The third kappa shape index (κ3) is 6.70. The molecule has 2 atom stereocenters. The van der Waals surface area contributed by atoms with Crippen molar-refractivity contribution in [1.29, 1.82) is 0 Å². The molecule has 2 aromatic rings. The van der Waals surface area contributed by atoms with E-state index in [9.17, 15) is 13.6 Å². The number of ether oxygens (including phenoxy) is 2. The summed E-state index contributed by atoms with van der Waals surface area (Å²) in [6.07, 6.45) is 0.924. The molecular weight excluding hydrogens is 526 g/mol. The van der Waals surface area contributed by atoms with Gasteiger partial charge in [0, 0.05) is 45.5 Å². The summed E-state index contributed by atoms with van der Waals surface area (Å²) in [5.74, 6) is 0.540. The van der Waals surface area contributed by atoms with E-state index >= 15 is 0 Å². The van der Waals surface area contributed by atoms with Crippen molar-refractivity contribution in [3.8, 4) is 11.4 Å². The molecule has 0 aromatic carbocycles. The van der Waals surface area contributed by atoms with Crippen molar-refractivity contribution >= 4 is 23.8 Å². The number of alkyl halides is 2. The van der Waals surface area contributed by atoms with Crippen LogP contribution in [0.25, 0.3) is 11.4 Å². The van der Waals surface area contributed by atoms with Gasteiger partial charge in [-0.2, -0.15) is 15.0 Å². The monoisotopic (exact) mass is 562 g/mol. The minimum absolute atomic E-state index is 0.00279. The normalized spacial score (nSPS) is 22.1. The second kappa shape index (κ2) is 12.9. The Bertz CT molecular complexity index is 1160. The number of anilines is 3. The molecule has 3 N–H and O–H groups in total. The Hall–Kier alpha value is -3.30. The summed E-state index contributed by atoms with van der Waals surface area (Å²) in [7, 11) is 0. The summed E-state index contributed by atoms with van der Waals surface area (Å²) >= 11 is 0. The number of halogens is 2. The van der Waals surface area contributed by atoms with E-state index in [4.69, 9.17) is 20.2 Å². The van der Waals surface area contributed by atoms with Gasteiger partial charge in [0.25, 0.3) is 6.43 Å².